The molecule has 0 saturated carbocycles. The zero-order valence-electron chi connectivity index (χ0n) is 16.5. The molecule has 0 atom stereocenters. The van der Waals surface area contributed by atoms with E-state index >= 15 is 0 Å². The Morgan fingerprint density at radius 2 is 1.63 bits per heavy atom. The first kappa shape index (κ1) is 20.6. The maximum Gasteiger partial charge on any atom is 0.244 e. The van der Waals surface area contributed by atoms with Crippen LogP contribution in [0.5, 0.6) is 5.75 Å². The van der Waals surface area contributed by atoms with Crippen molar-refractivity contribution in [2.75, 3.05) is 16.8 Å². The third-order valence-electron chi connectivity index (χ3n) is 4.40. The quantitative estimate of drug-likeness (QED) is 0.648. The monoisotopic (exact) mass is 399 g/mol. The highest BCUT2D eigenvalue weighted by molar-refractivity contribution is 6.02. The molecule has 0 fully saturated rings. The number of anilines is 2. The lowest BCUT2D eigenvalue weighted by atomic mass is 10.2. The number of rotatable bonds is 7. The zero-order chi connectivity index (χ0) is 21.3. The molecule has 6 nitrogen and oxygen atoms in total. The van der Waals surface area contributed by atoms with Crippen molar-refractivity contribution in [3.8, 4) is 11.8 Å². The molecule has 3 aromatic carbocycles. The molecule has 0 saturated heterocycles. The number of ether oxygens (including phenoxy) is 1. The van der Waals surface area contributed by atoms with Crippen LogP contribution in [0.3, 0.4) is 0 Å². The van der Waals surface area contributed by atoms with Crippen molar-refractivity contribution in [3.63, 3.8) is 0 Å². The van der Waals surface area contributed by atoms with Gasteiger partial charge in [-0.3, -0.25) is 9.59 Å². The van der Waals surface area contributed by atoms with Gasteiger partial charge in [0.25, 0.3) is 0 Å². The molecule has 30 heavy (non-hydrogen) atoms. The van der Waals surface area contributed by atoms with E-state index in [1.807, 2.05) is 36.4 Å². The molecule has 0 aliphatic heterocycles. The SMILES string of the molecule is CC(=O)N(CC(=O)Nc1ccccc1C#N)c1ccc(OCc2ccccc2)cc1. The molecule has 0 spiro atoms. The maximum absolute atomic E-state index is 12.5. The van der Waals surface area contributed by atoms with Crippen molar-refractivity contribution < 1.29 is 14.3 Å². The number of para-hydroxylation sites is 1. The second-order valence-corrected chi connectivity index (χ2v) is 6.58. The normalized spacial score (nSPS) is 10.0. The highest BCUT2D eigenvalue weighted by Gasteiger charge is 2.17. The molecule has 2 amide bonds. The van der Waals surface area contributed by atoms with Gasteiger partial charge in [-0.25, -0.2) is 0 Å². The Hall–Kier alpha value is -4.11. The van der Waals surface area contributed by atoms with Crippen LogP contribution in [0.1, 0.15) is 18.1 Å². The van der Waals surface area contributed by atoms with Gasteiger partial charge < -0.3 is 15.0 Å². The lowest BCUT2D eigenvalue weighted by Gasteiger charge is -2.21. The molecule has 1 N–H and O–H groups in total. The van der Waals surface area contributed by atoms with E-state index in [1.165, 1.54) is 11.8 Å². The maximum atomic E-state index is 12.5. The first-order valence-electron chi connectivity index (χ1n) is 9.40. The Labute approximate surface area is 175 Å². The number of nitrogens with one attached hydrogen (secondary N) is 1. The third kappa shape index (κ3) is 5.46. The van der Waals surface area contributed by atoms with E-state index in [4.69, 9.17) is 10.00 Å². The second-order valence-electron chi connectivity index (χ2n) is 6.58. The highest BCUT2D eigenvalue weighted by atomic mass is 16.5. The zero-order valence-corrected chi connectivity index (χ0v) is 16.5. The van der Waals surface area contributed by atoms with Crippen LogP contribution in [-0.4, -0.2) is 18.4 Å². The van der Waals surface area contributed by atoms with Gasteiger partial charge in [0.1, 0.15) is 25.0 Å². The topological polar surface area (TPSA) is 82.4 Å². The Morgan fingerprint density at radius 3 is 2.30 bits per heavy atom. The molecule has 0 unspecified atom stereocenters. The predicted octanol–water partition coefficient (Wildman–Crippen LogP) is 4.13. The molecule has 3 rings (SSSR count). The lowest BCUT2D eigenvalue weighted by molar-refractivity contribution is -0.120. The van der Waals surface area contributed by atoms with E-state index in [9.17, 15) is 9.59 Å². The molecule has 0 aliphatic carbocycles. The van der Waals surface area contributed by atoms with Crippen LogP contribution < -0.4 is 15.0 Å². The average Bonchev–Trinajstić information content (AvgIpc) is 2.77. The van der Waals surface area contributed by atoms with E-state index in [2.05, 4.69) is 5.32 Å². The minimum atomic E-state index is -0.391. The smallest absolute Gasteiger partial charge is 0.244 e. The minimum absolute atomic E-state index is 0.167. The standard InChI is InChI=1S/C24H21N3O3/c1-18(28)27(16-24(29)26-23-10-6-5-9-20(23)15-25)21-11-13-22(14-12-21)30-17-19-7-3-2-4-8-19/h2-14H,16-17H2,1H3,(H,26,29). The Morgan fingerprint density at radius 1 is 0.967 bits per heavy atom. The summed E-state index contributed by atoms with van der Waals surface area (Å²) in [6.45, 7) is 1.67. The molecule has 0 aliphatic rings. The first-order chi connectivity index (χ1) is 14.6. The Kier molecular flexibility index (Phi) is 6.80. The number of benzene rings is 3. The molecule has 0 radical (unpaired) electrons. The fraction of sp³-hybridized carbons (Fsp3) is 0.125. The van der Waals surface area contributed by atoms with Crippen LogP contribution >= 0.6 is 0 Å². The molecule has 6 heteroatoms. The van der Waals surface area contributed by atoms with Gasteiger partial charge in [0.2, 0.25) is 11.8 Å². The third-order valence-corrected chi connectivity index (χ3v) is 4.40. The van der Waals surface area contributed by atoms with Gasteiger partial charge in [0.15, 0.2) is 0 Å². The number of amides is 2. The highest BCUT2D eigenvalue weighted by Crippen LogP contribution is 2.21. The van der Waals surface area contributed by atoms with Gasteiger partial charge in [0, 0.05) is 12.6 Å². The van der Waals surface area contributed by atoms with Crippen LogP contribution in [0.2, 0.25) is 0 Å². The van der Waals surface area contributed by atoms with Crippen molar-refractivity contribution in [2.45, 2.75) is 13.5 Å². The summed E-state index contributed by atoms with van der Waals surface area (Å²) in [7, 11) is 0. The average molecular weight is 399 g/mol. The second kappa shape index (κ2) is 9.89. The number of carbonyl (C=O) groups is 2. The van der Waals surface area contributed by atoms with Gasteiger partial charge >= 0.3 is 0 Å². The predicted molar refractivity (Wildman–Crippen MR) is 115 cm³/mol. The van der Waals surface area contributed by atoms with Gasteiger partial charge in [0.05, 0.1) is 11.3 Å². The molecule has 150 valence electrons. The van der Waals surface area contributed by atoms with Gasteiger partial charge in [-0.05, 0) is 42.0 Å². The van der Waals surface area contributed by atoms with Crippen molar-refractivity contribution >= 4 is 23.2 Å². The van der Waals surface area contributed by atoms with E-state index in [0.717, 1.165) is 5.56 Å². The van der Waals surface area contributed by atoms with Crippen molar-refractivity contribution in [2.24, 2.45) is 0 Å². The first-order valence-corrected chi connectivity index (χ1v) is 9.40. The fourth-order valence-corrected chi connectivity index (χ4v) is 2.87. The fourth-order valence-electron chi connectivity index (χ4n) is 2.87. The molecule has 3 aromatic rings. The summed E-state index contributed by atoms with van der Waals surface area (Å²) in [6, 6.07) is 25.5. The van der Waals surface area contributed by atoms with E-state index in [1.54, 1.807) is 48.5 Å². The number of hydrogen-bond donors (Lipinski definition) is 1. The van der Waals surface area contributed by atoms with Crippen LogP contribution in [0.15, 0.2) is 78.9 Å². The molecule has 0 aromatic heterocycles. The number of carbonyl (C=O) groups excluding carboxylic acids is 2. The number of nitriles is 1. The number of nitrogens with zero attached hydrogens (tertiary/aromatic N) is 2. The molecular weight excluding hydrogens is 378 g/mol. The molecular formula is C24H21N3O3. The van der Waals surface area contributed by atoms with E-state index in [0.29, 0.717) is 29.3 Å². The van der Waals surface area contributed by atoms with Crippen molar-refractivity contribution in [1.29, 1.82) is 5.26 Å². The van der Waals surface area contributed by atoms with Crippen molar-refractivity contribution in [3.05, 3.63) is 90.0 Å². The Balaban J connectivity index is 1.65. The summed E-state index contributed by atoms with van der Waals surface area (Å²) in [4.78, 5) is 25.9. The van der Waals surface area contributed by atoms with Crippen LogP contribution in [-0.2, 0) is 16.2 Å². The lowest BCUT2D eigenvalue weighted by Crippen LogP contribution is -2.36. The van der Waals surface area contributed by atoms with Gasteiger partial charge in [-0.1, -0.05) is 42.5 Å². The summed E-state index contributed by atoms with van der Waals surface area (Å²) >= 11 is 0. The summed E-state index contributed by atoms with van der Waals surface area (Å²) < 4.78 is 5.76. The van der Waals surface area contributed by atoms with Crippen LogP contribution in [0, 0.1) is 11.3 Å². The summed E-state index contributed by atoms with van der Waals surface area (Å²) in [6.07, 6.45) is 0. The molecule has 0 heterocycles. The molecule has 0 bridgehead atoms. The van der Waals surface area contributed by atoms with Gasteiger partial charge in [-0.15, -0.1) is 0 Å². The van der Waals surface area contributed by atoms with E-state index in [-0.39, 0.29) is 12.5 Å². The van der Waals surface area contributed by atoms with Crippen LogP contribution in [0.25, 0.3) is 0 Å². The Bertz CT molecular complexity index is 1060. The van der Waals surface area contributed by atoms with Gasteiger partial charge in [-0.2, -0.15) is 5.26 Å². The summed E-state index contributed by atoms with van der Waals surface area (Å²) in [5.41, 5.74) is 2.41. The van der Waals surface area contributed by atoms with E-state index < -0.39 is 5.91 Å². The summed E-state index contributed by atoms with van der Waals surface area (Å²) in [5.74, 6) is 0.00693. The van der Waals surface area contributed by atoms with Crippen LogP contribution in [0.4, 0.5) is 11.4 Å². The number of hydrogen-bond acceptors (Lipinski definition) is 4. The summed E-state index contributed by atoms with van der Waals surface area (Å²) in [5, 5.41) is 11.8. The minimum Gasteiger partial charge on any atom is -0.489 e. The van der Waals surface area contributed by atoms with Crippen molar-refractivity contribution in [1.82, 2.24) is 0 Å². The largest absolute Gasteiger partial charge is 0.489 e.